The number of H-pyrrole nitrogens is 1. The molecule has 2 atom stereocenters. The van der Waals surface area contributed by atoms with E-state index in [1.54, 1.807) is 16.3 Å². The van der Waals surface area contributed by atoms with Crippen LogP contribution < -0.4 is 11.0 Å². The molecule has 0 aromatic carbocycles. The van der Waals surface area contributed by atoms with Gasteiger partial charge in [-0.25, -0.2) is 9.89 Å². The molecule has 0 aliphatic rings. The molecule has 1 aromatic heterocycles. The molecule has 5 nitrogen and oxygen atoms in total. The molecule has 19 heavy (non-hydrogen) atoms. The molecule has 1 aromatic rings. The van der Waals surface area contributed by atoms with Crippen LogP contribution in [0.5, 0.6) is 0 Å². The molecule has 0 spiro atoms. The highest BCUT2D eigenvalue weighted by atomic mass is 32.2. The highest BCUT2D eigenvalue weighted by Gasteiger charge is 2.19. The van der Waals surface area contributed by atoms with Crippen molar-refractivity contribution in [3.8, 4) is 0 Å². The van der Waals surface area contributed by atoms with E-state index in [2.05, 4.69) is 43.2 Å². The van der Waals surface area contributed by atoms with Gasteiger partial charge in [-0.05, 0) is 25.8 Å². The van der Waals surface area contributed by atoms with Crippen LogP contribution in [-0.4, -0.2) is 32.6 Å². The van der Waals surface area contributed by atoms with Gasteiger partial charge >= 0.3 is 5.69 Å². The molecule has 2 N–H and O–H groups in total. The number of hydrogen-bond acceptors (Lipinski definition) is 4. The van der Waals surface area contributed by atoms with Crippen molar-refractivity contribution in [3.63, 3.8) is 0 Å². The van der Waals surface area contributed by atoms with Crippen LogP contribution in [0.3, 0.4) is 0 Å². The third-order valence-corrected chi connectivity index (χ3v) is 4.35. The summed E-state index contributed by atoms with van der Waals surface area (Å²) in [5.41, 5.74) is -0.105. The summed E-state index contributed by atoms with van der Waals surface area (Å²) in [6.45, 7) is 10.4. The first-order chi connectivity index (χ1) is 9.13. The number of nitrogens with one attached hydrogen (secondary N) is 2. The van der Waals surface area contributed by atoms with Crippen molar-refractivity contribution in [2.45, 2.75) is 70.0 Å². The first kappa shape index (κ1) is 16.3. The van der Waals surface area contributed by atoms with Crippen LogP contribution in [0.1, 0.15) is 47.0 Å². The van der Waals surface area contributed by atoms with Crippen molar-refractivity contribution in [2.75, 3.05) is 6.54 Å². The van der Waals surface area contributed by atoms with Gasteiger partial charge < -0.3 is 5.32 Å². The lowest BCUT2D eigenvalue weighted by Crippen LogP contribution is -2.36. The lowest BCUT2D eigenvalue weighted by atomic mass is 10.1. The van der Waals surface area contributed by atoms with E-state index < -0.39 is 0 Å². The van der Waals surface area contributed by atoms with Crippen molar-refractivity contribution in [3.05, 3.63) is 10.5 Å². The maximum Gasteiger partial charge on any atom is 0.343 e. The Hall–Kier alpha value is -0.750. The van der Waals surface area contributed by atoms with Gasteiger partial charge in [-0.1, -0.05) is 39.5 Å². The Morgan fingerprint density at radius 3 is 2.68 bits per heavy atom. The van der Waals surface area contributed by atoms with Crippen molar-refractivity contribution in [2.24, 2.45) is 0 Å². The van der Waals surface area contributed by atoms with Gasteiger partial charge in [-0.15, -0.1) is 5.10 Å². The molecule has 110 valence electrons. The Morgan fingerprint density at radius 1 is 1.37 bits per heavy atom. The van der Waals surface area contributed by atoms with E-state index in [-0.39, 0.29) is 5.69 Å². The summed E-state index contributed by atoms with van der Waals surface area (Å²) in [4.78, 5) is 11.6. The third kappa shape index (κ3) is 4.69. The molecule has 1 rings (SSSR count). The predicted octanol–water partition coefficient (Wildman–Crippen LogP) is 2.24. The highest BCUT2D eigenvalue weighted by Crippen LogP contribution is 2.23. The minimum Gasteiger partial charge on any atom is -0.313 e. The smallest absolute Gasteiger partial charge is 0.313 e. The summed E-state index contributed by atoms with van der Waals surface area (Å²) in [5, 5.41) is 11.4. The molecule has 0 amide bonds. The fourth-order valence-electron chi connectivity index (χ4n) is 2.03. The second kappa shape index (κ2) is 8.43. The first-order valence-corrected chi connectivity index (χ1v) is 8.07. The van der Waals surface area contributed by atoms with Gasteiger partial charge in [0.25, 0.3) is 0 Å². The average molecular weight is 286 g/mol. The summed E-state index contributed by atoms with van der Waals surface area (Å²) < 4.78 is 1.73. The zero-order chi connectivity index (χ0) is 14.3. The van der Waals surface area contributed by atoms with Crippen LogP contribution in [0.2, 0.25) is 0 Å². The van der Waals surface area contributed by atoms with Gasteiger partial charge in [0.05, 0.1) is 0 Å². The minimum atomic E-state index is -0.105. The van der Waals surface area contributed by atoms with E-state index in [9.17, 15) is 4.79 Å². The molecule has 0 bridgehead atoms. The van der Waals surface area contributed by atoms with Crippen LogP contribution >= 0.6 is 11.8 Å². The zero-order valence-electron chi connectivity index (χ0n) is 12.4. The average Bonchev–Trinajstić information content (AvgIpc) is 2.73. The Bertz CT molecular complexity index is 415. The Morgan fingerprint density at radius 2 is 2.11 bits per heavy atom. The molecule has 0 saturated heterocycles. The lowest BCUT2D eigenvalue weighted by Gasteiger charge is -2.23. The van der Waals surface area contributed by atoms with Gasteiger partial charge in [0.1, 0.15) is 0 Å². The van der Waals surface area contributed by atoms with E-state index in [0.29, 0.717) is 11.3 Å². The number of nitrogens with zero attached hydrogens (tertiary/aromatic N) is 2. The summed E-state index contributed by atoms with van der Waals surface area (Å²) >= 11 is 1.67. The van der Waals surface area contributed by atoms with Crippen LogP contribution in [0.25, 0.3) is 0 Å². The van der Waals surface area contributed by atoms with Crippen molar-refractivity contribution in [1.29, 1.82) is 0 Å². The predicted molar refractivity (Wildman–Crippen MR) is 80.8 cm³/mol. The van der Waals surface area contributed by atoms with Crippen molar-refractivity contribution < 1.29 is 0 Å². The van der Waals surface area contributed by atoms with Crippen molar-refractivity contribution >= 4 is 11.8 Å². The minimum absolute atomic E-state index is 0.105. The molecule has 0 radical (unpaired) electrons. The van der Waals surface area contributed by atoms with Crippen LogP contribution in [0.4, 0.5) is 0 Å². The standard InChI is InChI=1S/C13H26N4OS/c1-5-8-14-11(7-3)10(4)19-13-16-15-12(18)17(13)9-6-2/h10-11,14H,5-9H2,1-4H3,(H,15,18). The van der Waals surface area contributed by atoms with E-state index in [1.807, 2.05) is 0 Å². The number of hydrogen-bond donors (Lipinski definition) is 2. The molecule has 1 heterocycles. The molecule has 0 saturated carbocycles. The van der Waals surface area contributed by atoms with E-state index in [0.717, 1.165) is 37.5 Å². The van der Waals surface area contributed by atoms with Crippen LogP contribution in [-0.2, 0) is 6.54 Å². The molecular weight excluding hydrogens is 260 g/mol. The van der Waals surface area contributed by atoms with Gasteiger partial charge in [0.2, 0.25) is 0 Å². The fraction of sp³-hybridized carbons (Fsp3) is 0.846. The Labute approximate surface area is 119 Å². The molecule has 0 aliphatic heterocycles. The van der Waals surface area contributed by atoms with E-state index >= 15 is 0 Å². The molecule has 2 unspecified atom stereocenters. The SMILES string of the molecule is CCCNC(CC)C(C)Sc1n[nH]c(=O)n1CCC. The number of aromatic nitrogens is 3. The maximum atomic E-state index is 11.6. The quantitative estimate of drug-likeness (QED) is 0.683. The summed E-state index contributed by atoms with van der Waals surface area (Å²) in [7, 11) is 0. The number of aromatic amines is 1. The topological polar surface area (TPSA) is 62.7 Å². The summed E-state index contributed by atoms with van der Waals surface area (Å²) in [6.07, 6.45) is 3.15. The van der Waals surface area contributed by atoms with E-state index in [4.69, 9.17) is 0 Å². The largest absolute Gasteiger partial charge is 0.343 e. The molecular formula is C13H26N4OS. The zero-order valence-corrected chi connectivity index (χ0v) is 13.2. The second-order valence-corrected chi connectivity index (χ2v) is 6.10. The third-order valence-electron chi connectivity index (χ3n) is 3.12. The van der Waals surface area contributed by atoms with Gasteiger partial charge in [-0.2, -0.15) is 0 Å². The Kier molecular flexibility index (Phi) is 7.23. The van der Waals surface area contributed by atoms with Gasteiger partial charge in [-0.3, -0.25) is 4.57 Å². The first-order valence-electron chi connectivity index (χ1n) is 7.19. The van der Waals surface area contributed by atoms with Crippen molar-refractivity contribution in [1.82, 2.24) is 20.1 Å². The highest BCUT2D eigenvalue weighted by molar-refractivity contribution is 7.99. The number of rotatable bonds is 9. The lowest BCUT2D eigenvalue weighted by molar-refractivity contribution is 0.492. The number of thioether (sulfide) groups is 1. The Balaban J connectivity index is 2.69. The van der Waals surface area contributed by atoms with Crippen LogP contribution in [0.15, 0.2) is 9.95 Å². The second-order valence-electron chi connectivity index (χ2n) is 4.75. The summed E-state index contributed by atoms with van der Waals surface area (Å²) in [6, 6.07) is 0.451. The molecule has 6 heteroatoms. The van der Waals surface area contributed by atoms with Crippen LogP contribution in [0, 0.1) is 0 Å². The summed E-state index contributed by atoms with van der Waals surface area (Å²) in [5.74, 6) is 0. The molecule has 0 aliphatic carbocycles. The van der Waals surface area contributed by atoms with Gasteiger partial charge in [0.15, 0.2) is 5.16 Å². The van der Waals surface area contributed by atoms with E-state index in [1.165, 1.54) is 0 Å². The maximum absolute atomic E-state index is 11.6. The fourth-order valence-corrected chi connectivity index (χ4v) is 3.22. The molecule has 0 fully saturated rings. The normalized spacial score (nSPS) is 14.5. The monoisotopic (exact) mass is 286 g/mol. The van der Waals surface area contributed by atoms with Gasteiger partial charge in [0, 0.05) is 17.8 Å².